The molecule has 2 heteroatoms. The largest absolute Gasteiger partial charge is 0.462 e. The summed E-state index contributed by atoms with van der Waals surface area (Å²) in [4.78, 5) is 12.8. The molecule has 4 rings (SSSR count). The highest BCUT2D eigenvalue weighted by atomic mass is 16.5. The summed E-state index contributed by atoms with van der Waals surface area (Å²) in [7, 11) is 0. The van der Waals surface area contributed by atoms with E-state index in [2.05, 4.69) is 127 Å². The van der Waals surface area contributed by atoms with E-state index in [9.17, 15) is 4.79 Å². The van der Waals surface area contributed by atoms with E-state index >= 15 is 0 Å². The first-order valence-electron chi connectivity index (χ1n) is 20.9. The monoisotopic (exact) mass is 683 g/mol. The minimum absolute atomic E-state index is 0.00312. The van der Waals surface area contributed by atoms with Gasteiger partial charge >= 0.3 is 5.97 Å². The van der Waals surface area contributed by atoms with Crippen LogP contribution in [0.3, 0.4) is 0 Å². The van der Waals surface area contributed by atoms with Crippen molar-refractivity contribution in [1.29, 1.82) is 0 Å². The summed E-state index contributed by atoms with van der Waals surface area (Å²) in [5.41, 5.74) is 2.38. The zero-order valence-corrected chi connectivity index (χ0v) is 33.3. The van der Waals surface area contributed by atoms with E-state index in [4.69, 9.17) is 4.74 Å². The van der Waals surface area contributed by atoms with Gasteiger partial charge < -0.3 is 4.74 Å². The average Bonchev–Trinajstić information content (AvgIpc) is 3.45. The van der Waals surface area contributed by atoms with Gasteiger partial charge in [-0.05, 0) is 142 Å². The Morgan fingerprint density at radius 2 is 1.44 bits per heavy atom. The normalized spacial score (nSPS) is 32.8. The average molecular weight is 683 g/mol. The van der Waals surface area contributed by atoms with E-state index < -0.39 is 0 Å². The van der Waals surface area contributed by atoms with Crippen LogP contribution in [-0.4, -0.2) is 12.1 Å². The van der Waals surface area contributed by atoms with Crippen LogP contribution in [0.2, 0.25) is 0 Å². The van der Waals surface area contributed by atoms with Gasteiger partial charge in [0.25, 0.3) is 0 Å². The maximum absolute atomic E-state index is 12.8. The number of allylic oxidation sites excluding steroid dienone is 13. The first-order chi connectivity index (χ1) is 24.1. The Balaban J connectivity index is 1.15. The molecular weight excluding hydrogens is 609 g/mol. The lowest BCUT2D eigenvalue weighted by Gasteiger charge is -2.58. The second kappa shape index (κ2) is 20.0. The minimum Gasteiger partial charge on any atom is -0.462 e. The van der Waals surface area contributed by atoms with Gasteiger partial charge in [-0.25, -0.2) is 0 Å². The fraction of sp³-hybridized carbons (Fsp3) is 0.688. The third kappa shape index (κ3) is 10.8. The number of rotatable bonds is 18. The first kappa shape index (κ1) is 40.4. The molecule has 0 saturated heterocycles. The molecule has 0 aromatic heterocycles. The molecule has 3 saturated carbocycles. The van der Waals surface area contributed by atoms with Crippen LogP contribution < -0.4 is 0 Å². The summed E-state index contributed by atoms with van der Waals surface area (Å²) in [6, 6.07) is 0. The molecule has 0 heterocycles. The van der Waals surface area contributed by atoms with Crippen molar-refractivity contribution in [2.24, 2.45) is 52.3 Å². The van der Waals surface area contributed by atoms with Gasteiger partial charge in [0.2, 0.25) is 0 Å². The maximum atomic E-state index is 12.8. The molecule has 0 N–H and O–H groups in total. The number of hydrogen-bond donors (Lipinski definition) is 0. The molecule has 0 amide bonds. The topological polar surface area (TPSA) is 26.3 Å². The van der Waals surface area contributed by atoms with Crippen LogP contribution in [0.15, 0.2) is 84.6 Å². The molecule has 50 heavy (non-hydrogen) atoms. The second-order valence-corrected chi connectivity index (χ2v) is 17.3. The number of carbonyl (C=O) groups is 1. The van der Waals surface area contributed by atoms with Gasteiger partial charge in [-0.15, -0.1) is 0 Å². The summed E-state index contributed by atoms with van der Waals surface area (Å²) in [5, 5.41) is 0. The van der Waals surface area contributed by atoms with Gasteiger partial charge in [0.05, 0.1) is 0 Å². The molecule has 0 aromatic carbocycles. The third-order valence-corrected chi connectivity index (χ3v) is 13.7. The highest BCUT2D eigenvalue weighted by Gasteiger charge is 2.59. The molecule has 278 valence electrons. The fourth-order valence-electron chi connectivity index (χ4n) is 10.3. The molecule has 0 bridgehead atoms. The summed E-state index contributed by atoms with van der Waals surface area (Å²) in [6.45, 7) is 17.0. The minimum atomic E-state index is -0.00312. The van der Waals surface area contributed by atoms with Gasteiger partial charge in [-0.1, -0.05) is 133 Å². The number of hydrogen-bond acceptors (Lipinski definition) is 2. The van der Waals surface area contributed by atoms with E-state index in [1.54, 1.807) is 5.57 Å². The van der Waals surface area contributed by atoms with Crippen LogP contribution >= 0.6 is 0 Å². The molecule has 9 atom stereocenters. The predicted molar refractivity (Wildman–Crippen MR) is 216 cm³/mol. The molecule has 0 spiro atoms. The summed E-state index contributed by atoms with van der Waals surface area (Å²) in [6.07, 6.45) is 47.4. The summed E-state index contributed by atoms with van der Waals surface area (Å²) < 4.78 is 6.10. The third-order valence-electron chi connectivity index (χ3n) is 13.7. The zero-order valence-electron chi connectivity index (χ0n) is 33.3. The molecule has 9 unspecified atom stereocenters. The number of fused-ring (bicyclic) bond motifs is 5. The van der Waals surface area contributed by atoms with Gasteiger partial charge in [0.15, 0.2) is 0 Å². The predicted octanol–water partition coefficient (Wildman–Crippen LogP) is 13.9. The number of unbranched alkanes of at least 4 members (excludes halogenated alkanes) is 1. The molecule has 0 aliphatic heterocycles. The Morgan fingerprint density at radius 1 is 0.800 bits per heavy atom. The fourth-order valence-corrected chi connectivity index (χ4v) is 10.3. The molecular formula is C48H74O2. The highest BCUT2D eigenvalue weighted by molar-refractivity contribution is 5.69. The van der Waals surface area contributed by atoms with Crippen molar-refractivity contribution in [3.63, 3.8) is 0 Å². The van der Waals surface area contributed by atoms with E-state index in [1.807, 2.05) is 0 Å². The Bertz CT molecular complexity index is 1260. The lowest BCUT2D eigenvalue weighted by molar-refractivity contribution is -0.151. The van der Waals surface area contributed by atoms with E-state index in [0.717, 1.165) is 81.5 Å². The van der Waals surface area contributed by atoms with E-state index in [-0.39, 0.29) is 12.1 Å². The Hall–Kier alpha value is -2.35. The second-order valence-electron chi connectivity index (χ2n) is 17.3. The van der Waals surface area contributed by atoms with Gasteiger partial charge in [-0.2, -0.15) is 0 Å². The van der Waals surface area contributed by atoms with Crippen molar-refractivity contribution in [3.8, 4) is 0 Å². The van der Waals surface area contributed by atoms with Crippen LogP contribution in [0.1, 0.15) is 151 Å². The number of esters is 1. The molecule has 0 aromatic rings. The molecule has 3 fully saturated rings. The van der Waals surface area contributed by atoms with Crippen molar-refractivity contribution in [2.75, 3.05) is 0 Å². The van der Waals surface area contributed by atoms with Crippen molar-refractivity contribution in [3.05, 3.63) is 84.6 Å². The van der Waals surface area contributed by atoms with Crippen molar-refractivity contribution in [1.82, 2.24) is 0 Å². The summed E-state index contributed by atoms with van der Waals surface area (Å²) >= 11 is 0. The van der Waals surface area contributed by atoms with E-state index in [1.165, 1.54) is 38.5 Å². The van der Waals surface area contributed by atoms with Gasteiger partial charge in [0, 0.05) is 12.8 Å². The molecule has 0 radical (unpaired) electrons. The van der Waals surface area contributed by atoms with Crippen LogP contribution in [0.5, 0.6) is 0 Å². The standard InChI is InChI=1S/C48H74O2/c1-8-9-10-11-12-13-14-15-16-17-18-19-20-21-22-23-24-25-46(49)50-41-32-34-47(6)40(36-41)28-29-42-44-31-30-43(48(44,7)35-33-45(42)47)39(5)27-26-38(4)37(2)3/h9-10,12-13,15-16,18-19,21-22,26-28,37-39,41-45H,8,11,14,17,20,23-25,29-36H2,1-7H3/b10-9-,13-12-,16-15-,19-18-,22-21-,27-26+. The SMILES string of the molecule is CC/C=C\C/C=C\C/C=C\C/C=C\C/C=C\CCCC(=O)OC1CCC2(C)C(=CCC3C2CCC2(C)C(C(C)/C=C/C(C)C(C)C)CCC32)C1. The molecule has 4 aliphatic rings. The Morgan fingerprint density at radius 3 is 2.08 bits per heavy atom. The Labute approximate surface area is 308 Å². The van der Waals surface area contributed by atoms with Crippen LogP contribution in [0, 0.1) is 52.3 Å². The smallest absolute Gasteiger partial charge is 0.306 e. The number of carbonyl (C=O) groups excluding carboxylic acids is 1. The van der Waals surface area contributed by atoms with Crippen LogP contribution in [0.25, 0.3) is 0 Å². The Kier molecular flexibility index (Phi) is 16.2. The number of ether oxygens (including phenoxy) is 1. The van der Waals surface area contributed by atoms with Gasteiger partial charge in [0.1, 0.15) is 6.10 Å². The van der Waals surface area contributed by atoms with E-state index in [0.29, 0.717) is 35.0 Å². The van der Waals surface area contributed by atoms with Crippen molar-refractivity contribution < 1.29 is 9.53 Å². The maximum Gasteiger partial charge on any atom is 0.306 e. The zero-order chi connectivity index (χ0) is 36.0. The quantitative estimate of drug-likeness (QED) is 0.0817. The van der Waals surface area contributed by atoms with Crippen molar-refractivity contribution in [2.45, 2.75) is 157 Å². The lowest BCUT2D eigenvalue weighted by Crippen LogP contribution is -2.51. The molecule has 4 aliphatic carbocycles. The van der Waals surface area contributed by atoms with Crippen LogP contribution in [0.4, 0.5) is 0 Å². The van der Waals surface area contributed by atoms with Crippen molar-refractivity contribution >= 4 is 5.97 Å². The summed E-state index contributed by atoms with van der Waals surface area (Å²) in [5.74, 6) is 5.34. The van der Waals surface area contributed by atoms with Gasteiger partial charge in [-0.3, -0.25) is 4.79 Å². The lowest BCUT2D eigenvalue weighted by atomic mass is 9.47. The van der Waals surface area contributed by atoms with Crippen LogP contribution in [-0.2, 0) is 9.53 Å². The first-order valence-corrected chi connectivity index (χ1v) is 20.9. The molecule has 2 nitrogen and oxygen atoms in total. The highest BCUT2D eigenvalue weighted by Crippen LogP contribution is 2.67.